The van der Waals surface area contributed by atoms with Crippen molar-refractivity contribution in [3.05, 3.63) is 62.8 Å². The summed E-state index contributed by atoms with van der Waals surface area (Å²) in [5.74, 6) is 0.310. The van der Waals surface area contributed by atoms with Crippen molar-refractivity contribution in [2.24, 2.45) is 0 Å². The summed E-state index contributed by atoms with van der Waals surface area (Å²) in [7, 11) is 0. The van der Waals surface area contributed by atoms with Crippen molar-refractivity contribution >= 4 is 43.6 Å². The molecule has 0 bridgehead atoms. The maximum Gasteiger partial charge on any atom is 0.124 e. The summed E-state index contributed by atoms with van der Waals surface area (Å²) in [6, 6.07) is 12.4. The van der Waals surface area contributed by atoms with Crippen molar-refractivity contribution in [1.82, 2.24) is 0 Å². The number of halogens is 3. The van der Waals surface area contributed by atoms with Crippen LogP contribution >= 0.6 is 43.6 Å². The molecule has 0 aliphatic rings. The molecule has 0 spiro atoms. The average molecular weight is 420 g/mol. The quantitative estimate of drug-likeness (QED) is 0.684. The largest absolute Gasteiger partial charge is 0.392 e. The second-order valence-electron chi connectivity index (χ2n) is 4.34. The number of rotatable bonds is 5. The smallest absolute Gasteiger partial charge is 0.124 e. The van der Waals surface area contributed by atoms with Gasteiger partial charge < -0.3 is 5.11 Å². The van der Waals surface area contributed by atoms with Crippen LogP contribution in [0.15, 0.2) is 56.3 Å². The first-order valence-corrected chi connectivity index (χ1v) is 8.62. The Morgan fingerprint density at radius 2 is 1.85 bits per heavy atom. The lowest BCUT2D eigenvalue weighted by atomic mass is 10.1. The Bertz CT molecular complexity index is 592. The third kappa shape index (κ3) is 4.58. The first-order chi connectivity index (χ1) is 9.56. The Morgan fingerprint density at radius 1 is 1.10 bits per heavy atom. The van der Waals surface area contributed by atoms with Crippen molar-refractivity contribution in [2.45, 2.75) is 17.4 Å². The van der Waals surface area contributed by atoms with E-state index in [4.69, 9.17) is 0 Å². The summed E-state index contributed by atoms with van der Waals surface area (Å²) in [4.78, 5) is 1.10. The zero-order valence-electron chi connectivity index (χ0n) is 10.5. The molecule has 2 rings (SSSR count). The number of benzene rings is 2. The summed E-state index contributed by atoms with van der Waals surface area (Å²) in [5, 5.41) is 10.1. The Balaban J connectivity index is 1.92. The molecule has 0 heterocycles. The van der Waals surface area contributed by atoms with E-state index < -0.39 is 6.10 Å². The van der Waals surface area contributed by atoms with Crippen LogP contribution < -0.4 is 0 Å². The second kappa shape index (κ2) is 7.59. The fourth-order valence-electron chi connectivity index (χ4n) is 1.75. The maximum atomic E-state index is 13.0. The van der Waals surface area contributed by atoms with Gasteiger partial charge in [0.1, 0.15) is 5.82 Å². The SMILES string of the molecule is OC(CSc1ccccc1Br)Cc1ccc(F)cc1Br. The molecular weight excluding hydrogens is 407 g/mol. The summed E-state index contributed by atoms with van der Waals surface area (Å²) in [6.07, 6.45) is 0.0204. The molecule has 0 aliphatic heterocycles. The second-order valence-corrected chi connectivity index (χ2v) is 7.11. The van der Waals surface area contributed by atoms with Crippen LogP contribution in [0.5, 0.6) is 0 Å². The average Bonchev–Trinajstić information content (AvgIpc) is 2.41. The molecule has 0 aromatic heterocycles. The summed E-state index contributed by atoms with van der Waals surface area (Å²) >= 11 is 8.40. The van der Waals surface area contributed by atoms with Gasteiger partial charge in [-0.1, -0.05) is 34.1 Å². The molecule has 1 unspecified atom stereocenters. The lowest BCUT2D eigenvalue weighted by Gasteiger charge is -2.12. The number of hydrogen-bond donors (Lipinski definition) is 1. The van der Waals surface area contributed by atoms with Crippen molar-refractivity contribution in [3.8, 4) is 0 Å². The molecule has 0 fully saturated rings. The summed E-state index contributed by atoms with van der Waals surface area (Å²) in [6.45, 7) is 0. The van der Waals surface area contributed by atoms with Crippen LogP contribution in [0.4, 0.5) is 4.39 Å². The van der Waals surface area contributed by atoms with E-state index in [0.29, 0.717) is 16.6 Å². The van der Waals surface area contributed by atoms with Crippen molar-refractivity contribution < 1.29 is 9.50 Å². The predicted molar refractivity (Wildman–Crippen MR) is 88.7 cm³/mol. The fraction of sp³-hybridized carbons (Fsp3) is 0.200. The van der Waals surface area contributed by atoms with E-state index in [1.165, 1.54) is 12.1 Å². The van der Waals surface area contributed by atoms with E-state index in [-0.39, 0.29) is 5.82 Å². The third-order valence-corrected chi connectivity index (χ3v) is 5.65. The number of hydrogen-bond acceptors (Lipinski definition) is 2. The van der Waals surface area contributed by atoms with Crippen LogP contribution in [-0.2, 0) is 6.42 Å². The topological polar surface area (TPSA) is 20.2 Å². The highest BCUT2D eigenvalue weighted by Crippen LogP contribution is 2.28. The molecule has 1 atom stereocenters. The molecule has 1 N–H and O–H groups in total. The molecule has 0 radical (unpaired) electrons. The van der Waals surface area contributed by atoms with Crippen LogP contribution in [0.25, 0.3) is 0 Å². The van der Waals surface area contributed by atoms with Gasteiger partial charge in [-0.25, -0.2) is 4.39 Å². The van der Waals surface area contributed by atoms with Gasteiger partial charge >= 0.3 is 0 Å². The van der Waals surface area contributed by atoms with Crippen LogP contribution in [0.2, 0.25) is 0 Å². The highest BCUT2D eigenvalue weighted by atomic mass is 79.9. The van der Waals surface area contributed by atoms with Gasteiger partial charge in [0.25, 0.3) is 0 Å². The molecule has 2 aromatic rings. The van der Waals surface area contributed by atoms with E-state index in [2.05, 4.69) is 31.9 Å². The lowest BCUT2D eigenvalue weighted by Crippen LogP contribution is -2.14. The Morgan fingerprint density at radius 3 is 2.55 bits per heavy atom. The first-order valence-electron chi connectivity index (χ1n) is 6.05. The molecule has 0 saturated heterocycles. The first kappa shape index (κ1) is 16.0. The molecule has 0 amide bonds. The monoisotopic (exact) mass is 418 g/mol. The molecule has 0 saturated carbocycles. The highest BCUT2D eigenvalue weighted by molar-refractivity contribution is 9.10. The predicted octanol–water partition coefficient (Wildman–Crippen LogP) is 5.05. The highest BCUT2D eigenvalue weighted by Gasteiger charge is 2.10. The molecule has 0 aliphatic carbocycles. The molecule has 5 heteroatoms. The minimum atomic E-state index is -0.478. The number of aliphatic hydroxyl groups excluding tert-OH is 1. The van der Waals surface area contributed by atoms with E-state index in [1.807, 2.05) is 24.3 Å². The lowest BCUT2D eigenvalue weighted by molar-refractivity contribution is 0.200. The zero-order chi connectivity index (χ0) is 14.5. The van der Waals surface area contributed by atoms with E-state index in [1.54, 1.807) is 17.8 Å². The maximum absolute atomic E-state index is 13.0. The van der Waals surface area contributed by atoms with Crippen LogP contribution in [-0.4, -0.2) is 17.0 Å². The molecule has 2 aromatic carbocycles. The fourth-order valence-corrected chi connectivity index (χ4v) is 3.76. The van der Waals surface area contributed by atoms with Crippen molar-refractivity contribution in [2.75, 3.05) is 5.75 Å². The van der Waals surface area contributed by atoms with Crippen LogP contribution in [0, 0.1) is 5.82 Å². The standard InChI is InChI=1S/C15H13Br2FOS/c16-13-3-1-2-4-15(13)20-9-12(19)7-10-5-6-11(18)8-14(10)17/h1-6,8,12,19H,7,9H2. The zero-order valence-corrected chi connectivity index (χ0v) is 14.5. The van der Waals surface area contributed by atoms with Gasteiger partial charge in [0.05, 0.1) is 6.10 Å². The van der Waals surface area contributed by atoms with Gasteiger partial charge in [0.2, 0.25) is 0 Å². The third-order valence-electron chi connectivity index (χ3n) is 2.74. The van der Waals surface area contributed by atoms with Crippen molar-refractivity contribution in [3.63, 3.8) is 0 Å². The van der Waals surface area contributed by atoms with Crippen LogP contribution in [0.1, 0.15) is 5.56 Å². The minimum absolute atomic E-state index is 0.280. The molecule has 106 valence electrons. The van der Waals surface area contributed by atoms with Gasteiger partial charge in [-0.2, -0.15) is 0 Å². The van der Waals surface area contributed by atoms with Crippen LogP contribution in [0.3, 0.4) is 0 Å². The van der Waals surface area contributed by atoms with Crippen molar-refractivity contribution in [1.29, 1.82) is 0 Å². The normalized spacial score (nSPS) is 12.4. The van der Waals surface area contributed by atoms with Gasteiger partial charge in [-0.15, -0.1) is 11.8 Å². The van der Waals surface area contributed by atoms with E-state index >= 15 is 0 Å². The van der Waals surface area contributed by atoms with Gasteiger partial charge in [-0.05, 0) is 45.8 Å². The Kier molecular flexibility index (Phi) is 6.08. The molecular formula is C15H13Br2FOS. The summed E-state index contributed by atoms with van der Waals surface area (Å²) in [5.41, 5.74) is 0.909. The van der Waals surface area contributed by atoms with E-state index in [9.17, 15) is 9.50 Å². The van der Waals surface area contributed by atoms with Gasteiger partial charge in [0, 0.05) is 26.0 Å². The molecule has 1 nitrogen and oxygen atoms in total. The Labute approximate surface area is 138 Å². The Hall–Kier alpha value is -0.360. The number of aliphatic hydroxyl groups is 1. The minimum Gasteiger partial charge on any atom is -0.392 e. The summed E-state index contributed by atoms with van der Waals surface area (Å²) < 4.78 is 14.7. The van der Waals surface area contributed by atoms with E-state index in [0.717, 1.165) is 14.9 Å². The van der Waals surface area contributed by atoms with Gasteiger partial charge in [0.15, 0.2) is 0 Å². The van der Waals surface area contributed by atoms with Gasteiger partial charge in [-0.3, -0.25) is 0 Å². The molecule has 20 heavy (non-hydrogen) atoms. The number of thioether (sulfide) groups is 1.